The number of nitriles is 1. The van der Waals surface area contributed by atoms with Crippen LogP contribution in [0.4, 0.5) is 0 Å². The highest BCUT2D eigenvalue weighted by Crippen LogP contribution is 2.29. The monoisotopic (exact) mass is 357 g/mol. The van der Waals surface area contributed by atoms with Crippen LogP contribution in [-0.2, 0) is 4.79 Å². The number of thioether (sulfide) groups is 1. The Morgan fingerprint density at radius 2 is 2.13 bits per heavy atom. The van der Waals surface area contributed by atoms with E-state index in [2.05, 4.69) is 16.0 Å². The number of ketones is 1. The van der Waals surface area contributed by atoms with E-state index in [1.807, 2.05) is 41.1 Å². The van der Waals surface area contributed by atoms with Crippen molar-refractivity contribution in [2.45, 2.75) is 10.3 Å². The highest BCUT2D eigenvalue weighted by Gasteiger charge is 2.24. The van der Waals surface area contributed by atoms with E-state index in [1.165, 1.54) is 34.4 Å². The van der Waals surface area contributed by atoms with Crippen LogP contribution in [0, 0.1) is 11.3 Å². The number of carbonyl (C=O) groups excluding carboxylic acids is 1. The molecule has 0 radical (unpaired) electrons. The van der Waals surface area contributed by atoms with Crippen LogP contribution in [0.2, 0.25) is 0 Å². The lowest BCUT2D eigenvalue weighted by molar-refractivity contribution is -0.116. The van der Waals surface area contributed by atoms with Crippen LogP contribution >= 0.6 is 34.4 Å². The van der Waals surface area contributed by atoms with Gasteiger partial charge in [-0.25, -0.2) is 9.97 Å². The molecule has 0 amide bonds. The van der Waals surface area contributed by atoms with Gasteiger partial charge in [0.15, 0.2) is 11.7 Å². The van der Waals surface area contributed by atoms with Crippen LogP contribution in [0.5, 0.6) is 0 Å². The largest absolute Gasteiger partial charge is 0.297 e. The number of nitrogens with zero attached hydrogens (tertiary/aromatic N) is 3. The van der Waals surface area contributed by atoms with Gasteiger partial charge in [-0.3, -0.25) is 4.79 Å². The molecule has 0 fully saturated rings. The van der Waals surface area contributed by atoms with Gasteiger partial charge in [-0.1, -0.05) is 42.1 Å². The van der Waals surface area contributed by atoms with Crippen molar-refractivity contribution in [3.8, 4) is 17.3 Å². The predicted octanol–water partition coefficient (Wildman–Crippen LogP) is 4.24. The Morgan fingerprint density at radius 1 is 1.30 bits per heavy atom. The average Bonchev–Trinajstić information content (AvgIpc) is 3.26. The molecule has 1 aromatic carbocycles. The van der Waals surface area contributed by atoms with E-state index < -0.39 is 5.92 Å². The van der Waals surface area contributed by atoms with Gasteiger partial charge in [0.2, 0.25) is 0 Å². The molecular formula is C16H11N3OS3. The smallest absolute Gasteiger partial charge is 0.167 e. The van der Waals surface area contributed by atoms with E-state index in [9.17, 15) is 10.1 Å². The molecule has 2 heterocycles. The first kappa shape index (κ1) is 15.9. The lowest BCUT2D eigenvalue weighted by Crippen LogP contribution is -2.13. The molecule has 0 saturated carbocycles. The zero-order valence-corrected chi connectivity index (χ0v) is 14.3. The fourth-order valence-corrected chi connectivity index (χ4v) is 4.36. The third-order valence-electron chi connectivity index (χ3n) is 3.04. The summed E-state index contributed by atoms with van der Waals surface area (Å²) in [6, 6.07) is 11.8. The minimum atomic E-state index is -0.815. The maximum atomic E-state index is 12.3. The first-order valence-corrected chi connectivity index (χ1v) is 9.48. The van der Waals surface area contributed by atoms with Crippen LogP contribution in [0.3, 0.4) is 0 Å². The summed E-state index contributed by atoms with van der Waals surface area (Å²) < 4.78 is 0.833. The molecule has 0 aliphatic heterocycles. The van der Waals surface area contributed by atoms with Gasteiger partial charge in [-0.15, -0.1) is 22.7 Å². The van der Waals surface area contributed by atoms with Gasteiger partial charge >= 0.3 is 0 Å². The molecule has 0 aliphatic rings. The Balaban J connectivity index is 1.72. The van der Waals surface area contributed by atoms with Crippen molar-refractivity contribution in [2.24, 2.45) is 0 Å². The maximum Gasteiger partial charge on any atom is 0.167 e. The summed E-state index contributed by atoms with van der Waals surface area (Å²) in [7, 11) is 0. The van der Waals surface area contributed by atoms with Crippen molar-refractivity contribution < 1.29 is 4.79 Å². The molecule has 1 atom stereocenters. The second-order valence-corrected chi connectivity index (χ2v) is 7.56. The standard InChI is InChI=1S/C16H11N3OS3/c17-8-12(14(20)10-23-16-18-6-7-21-16)15-19-13(9-22-15)11-4-2-1-3-5-11/h1-7,9,12H,10H2. The molecule has 0 N–H and O–H groups in total. The first-order chi connectivity index (χ1) is 11.3. The van der Waals surface area contributed by atoms with E-state index >= 15 is 0 Å². The summed E-state index contributed by atoms with van der Waals surface area (Å²) in [5, 5.41) is 13.7. The minimum Gasteiger partial charge on any atom is -0.297 e. The summed E-state index contributed by atoms with van der Waals surface area (Å²) in [5.41, 5.74) is 1.78. The maximum absolute atomic E-state index is 12.3. The highest BCUT2D eigenvalue weighted by atomic mass is 32.2. The van der Waals surface area contributed by atoms with Crippen LogP contribution < -0.4 is 0 Å². The molecule has 2 aromatic heterocycles. The normalized spacial score (nSPS) is 11.8. The molecule has 7 heteroatoms. The Morgan fingerprint density at radius 3 is 2.83 bits per heavy atom. The highest BCUT2D eigenvalue weighted by molar-refractivity contribution is 8.01. The van der Waals surface area contributed by atoms with Gasteiger partial charge in [-0.05, 0) is 0 Å². The number of hydrogen-bond acceptors (Lipinski definition) is 7. The summed E-state index contributed by atoms with van der Waals surface area (Å²) in [6.45, 7) is 0. The van der Waals surface area contributed by atoms with Gasteiger partial charge in [-0.2, -0.15) is 5.26 Å². The minimum absolute atomic E-state index is 0.137. The van der Waals surface area contributed by atoms with Gasteiger partial charge in [0.25, 0.3) is 0 Å². The van der Waals surface area contributed by atoms with E-state index in [0.717, 1.165) is 15.6 Å². The third-order valence-corrected chi connectivity index (χ3v) is 5.93. The van der Waals surface area contributed by atoms with Gasteiger partial charge in [0.05, 0.1) is 17.5 Å². The molecule has 3 aromatic rings. The molecule has 0 aliphatic carbocycles. The number of aromatic nitrogens is 2. The molecule has 0 spiro atoms. The van der Waals surface area contributed by atoms with Crippen LogP contribution in [0.1, 0.15) is 10.9 Å². The summed E-state index contributed by atoms with van der Waals surface area (Å²) in [5.74, 6) is -0.724. The molecule has 0 saturated heterocycles. The van der Waals surface area contributed by atoms with E-state index in [0.29, 0.717) is 5.01 Å². The number of rotatable bonds is 6. The number of benzene rings is 1. The second-order valence-electron chi connectivity index (χ2n) is 4.55. The van der Waals surface area contributed by atoms with Crippen molar-refractivity contribution >= 4 is 40.2 Å². The first-order valence-electron chi connectivity index (χ1n) is 6.73. The van der Waals surface area contributed by atoms with Crippen LogP contribution in [0.25, 0.3) is 11.3 Å². The summed E-state index contributed by atoms with van der Waals surface area (Å²) in [4.78, 5) is 20.9. The van der Waals surface area contributed by atoms with Crippen molar-refractivity contribution in [3.63, 3.8) is 0 Å². The molecule has 1 unspecified atom stereocenters. The van der Waals surface area contributed by atoms with Crippen molar-refractivity contribution in [1.29, 1.82) is 5.26 Å². The number of thiazole rings is 2. The lowest BCUT2D eigenvalue weighted by atomic mass is 10.1. The Kier molecular flexibility index (Phi) is 5.18. The van der Waals surface area contributed by atoms with Gasteiger partial charge in [0, 0.05) is 22.5 Å². The second kappa shape index (κ2) is 7.51. The predicted molar refractivity (Wildman–Crippen MR) is 93.7 cm³/mol. The Bertz CT molecular complexity index is 822. The molecule has 4 nitrogen and oxygen atoms in total. The fourth-order valence-electron chi connectivity index (χ4n) is 1.92. The van der Waals surface area contributed by atoms with Gasteiger partial charge in [0.1, 0.15) is 9.35 Å². The van der Waals surface area contributed by atoms with E-state index in [1.54, 1.807) is 6.20 Å². The topological polar surface area (TPSA) is 66.6 Å². The third kappa shape index (κ3) is 3.85. The molecule has 23 heavy (non-hydrogen) atoms. The Hall–Kier alpha value is -2.01. The zero-order valence-electron chi connectivity index (χ0n) is 11.9. The van der Waals surface area contributed by atoms with Gasteiger partial charge < -0.3 is 0 Å². The molecule has 3 rings (SSSR count). The van der Waals surface area contributed by atoms with Crippen molar-refractivity contribution in [1.82, 2.24) is 9.97 Å². The fraction of sp³-hybridized carbons (Fsp3) is 0.125. The lowest BCUT2D eigenvalue weighted by Gasteiger charge is -2.03. The van der Waals surface area contributed by atoms with Crippen LogP contribution in [0.15, 0.2) is 51.6 Å². The molecular weight excluding hydrogens is 346 g/mol. The number of Topliss-reactive ketones (excluding diaryl/α,β-unsaturated/α-hetero) is 1. The number of carbonyl (C=O) groups is 1. The van der Waals surface area contributed by atoms with E-state index in [-0.39, 0.29) is 11.5 Å². The number of hydrogen-bond donors (Lipinski definition) is 0. The average molecular weight is 357 g/mol. The van der Waals surface area contributed by atoms with Crippen molar-refractivity contribution in [3.05, 3.63) is 52.3 Å². The summed E-state index contributed by atoms with van der Waals surface area (Å²) in [6.07, 6.45) is 1.70. The quantitative estimate of drug-likeness (QED) is 0.618. The zero-order chi connectivity index (χ0) is 16.1. The molecule has 114 valence electrons. The summed E-state index contributed by atoms with van der Waals surface area (Å²) >= 11 is 4.20. The Labute approximate surface area is 145 Å². The SMILES string of the molecule is N#CC(C(=O)CSc1nccs1)c1nc(-c2ccccc2)cs1. The van der Waals surface area contributed by atoms with Crippen LogP contribution in [-0.4, -0.2) is 21.5 Å². The molecule has 0 bridgehead atoms. The van der Waals surface area contributed by atoms with E-state index in [4.69, 9.17) is 0 Å². The van der Waals surface area contributed by atoms with Crippen molar-refractivity contribution in [2.75, 3.05) is 5.75 Å².